The van der Waals surface area contributed by atoms with Gasteiger partial charge in [0.05, 0.1) is 11.1 Å². The SMILES string of the molecule is Cc1cc2c(=O)n(CCCC(C)(C)C(=O)O)ccn2n1. The van der Waals surface area contributed by atoms with E-state index in [1.54, 1.807) is 41.4 Å². The second-order valence-electron chi connectivity index (χ2n) is 5.70. The van der Waals surface area contributed by atoms with E-state index in [1.807, 2.05) is 6.92 Å². The molecule has 0 spiro atoms. The van der Waals surface area contributed by atoms with Gasteiger partial charge >= 0.3 is 5.97 Å². The molecule has 0 saturated heterocycles. The highest BCUT2D eigenvalue weighted by atomic mass is 16.4. The van der Waals surface area contributed by atoms with Crippen LogP contribution in [0.4, 0.5) is 0 Å². The Morgan fingerprint density at radius 2 is 2.10 bits per heavy atom. The van der Waals surface area contributed by atoms with Gasteiger partial charge in [0.1, 0.15) is 5.52 Å². The fraction of sp³-hybridized carbons (Fsp3) is 0.500. The average molecular weight is 277 g/mol. The Bertz CT molecular complexity index is 697. The van der Waals surface area contributed by atoms with E-state index in [0.717, 1.165) is 5.69 Å². The molecular formula is C14H19N3O3. The molecule has 0 aromatic carbocycles. The predicted octanol–water partition coefficient (Wildman–Crippen LogP) is 1.70. The van der Waals surface area contributed by atoms with Crippen molar-refractivity contribution in [3.05, 3.63) is 34.5 Å². The Labute approximate surface area is 116 Å². The second-order valence-corrected chi connectivity index (χ2v) is 5.70. The monoisotopic (exact) mass is 277 g/mol. The lowest BCUT2D eigenvalue weighted by Crippen LogP contribution is -2.26. The third-order valence-electron chi connectivity index (χ3n) is 3.51. The molecule has 0 saturated carbocycles. The molecule has 0 atom stereocenters. The van der Waals surface area contributed by atoms with Crippen molar-refractivity contribution >= 4 is 11.5 Å². The van der Waals surface area contributed by atoms with E-state index in [-0.39, 0.29) is 5.56 Å². The van der Waals surface area contributed by atoms with E-state index >= 15 is 0 Å². The molecule has 0 bridgehead atoms. The van der Waals surface area contributed by atoms with Gasteiger partial charge in [0.15, 0.2) is 0 Å². The van der Waals surface area contributed by atoms with Crippen LogP contribution in [0.3, 0.4) is 0 Å². The van der Waals surface area contributed by atoms with Gasteiger partial charge in [-0.05, 0) is 39.7 Å². The van der Waals surface area contributed by atoms with Gasteiger partial charge < -0.3 is 9.67 Å². The molecule has 6 nitrogen and oxygen atoms in total. The van der Waals surface area contributed by atoms with Gasteiger partial charge in [0.25, 0.3) is 5.56 Å². The number of aromatic nitrogens is 3. The number of carboxylic acids is 1. The zero-order valence-electron chi connectivity index (χ0n) is 12.0. The summed E-state index contributed by atoms with van der Waals surface area (Å²) >= 11 is 0. The lowest BCUT2D eigenvalue weighted by molar-refractivity contribution is -0.147. The van der Waals surface area contributed by atoms with E-state index in [2.05, 4.69) is 5.10 Å². The Morgan fingerprint density at radius 1 is 1.40 bits per heavy atom. The van der Waals surface area contributed by atoms with E-state index < -0.39 is 11.4 Å². The highest BCUT2D eigenvalue weighted by molar-refractivity contribution is 5.73. The number of carboxylic acid groups (broad SMARTS) is 1. The minimum Gasteiger partial charge on any atom is -0.481 e. The molecule has 6 heteroatoms. The molecule has 20 heavy (non-hydrogen) atoms. The van der Waals surface area contributed by atoms with Crippen LogP contribution in [0.1, 0.15) is 32.4 Å². The van der Waals surface area contributed by atoms with Crippen molar-refractivity contribution in [2.45, 2.75) is 40.2 Å². The number of carbonyl (C=O) groups is 1. The third-order valence-corrected chi connectivity index (χ3v) is 3.51. The second kappa shape index (κ2) is 5.11. The standard InChI is InChI=1S/C14H19N3O3/c1-10-9-11-12(18)16(7-8-17(11)15-10)6-4-5-14(2,3)13(19)20/h7-9H,4-6H2,1-3H3,(H,19,20). The van der Waals surface area contributed by atoms with Gasteiger partial charge in [0.2, 0.25) is 0 Å². The zero-order valence-corrected chi connectivity index (χ0v) is 12.0. The smallest absolute Gasteiger partial charge is 0.309 e. The normalized spacial score (nSPS) is 11.9. The van der Waals surface area contributed by atoms with Crippen molar-refractivity contribution in [1.29, 1.82) is 0 Å². The van der Waals surface area contributed by atoms with Crippen LogP contribution in [0.2, 0.25) is 0 Å². The van der Waals surface area contributed by atoms with Crippen LogP contribution < -0.4 is 5.56 Å². The summed E-state index contributed by atoms with van der Waals surface area (Å²) in [6.45, 7) is 5.74. The van der Waals surface area contributed by atoms with Crippen molar-refractivity contribution < 1.29 is 9.90 Å². The first kappa shape index (κ1) is 14.3. The maximum Gasteiger partial charge on any atom is 0.309 e. The van der Waals surface area contributed by atoms with Crippen molar-refractivity contribution in [3.8, 4) is 0 Å². The fourth-order valence-corrected chi connectivity index (χ4v) is 2.12. The molecule has 2 aromatic rings. The van der Waals surface area contributed by atoms with E-state index in [9.17, 15) is 9.59 Å². The Morgan fingerprint density at radius 3 is 2.75 bits per heavy atom. The summed E-state index contributed by atoms with van der Waals surface area (Å²) in [5.74, 6) is -0.813. The third kappa shape index (κ3) is 2.74. The Kier molecular flexibility index (Phi) is 3.65. The summed E-state index contributed by atoms with van der Waals surface area (Å²) < 4.78 is 3.17. The summed E-state index contributed by atoms with van der Waals surface area (Å²) in [7, 11) is 0. The molecule has 2 rings (SSSR count). The molecule has 108 valence electrons. The molecule has 0 aliphatic heterocycles. The van der Waals surface area contributed by atoms with Crippen molar-refractivity contribution in [1.82, 2.24) is 14.2 Å². The largest absolute Gasteiger partial charge is 0.481 e. The van der Waals surface area contributed by atoms with Crippen LogP contribution in [0.5, 0.6) is 0 Å². The molecule has 2 aromatic heterocycles. The molecule has 0 amide bonds. The van der Waals surface area contributed by atoms with Crippen LogP contribution in [0.25, 0.3) is 5.52 Å². The van der Waals surface area contributed by atoms with Crippen molar-refractivity contribution in [2.75, 3.05) is 0 Å². The molecule has 2 heterocycles. The molecule has 0 aliphatic carbocycles. The first-order valence-electron chi connectivity index (χ1n) is 6.60. The number of rotatable bonds is 5. The van der Waals surface area contributed by atoms with Gasteiger partial charge in [0, 0.05) is 18.9 Å². The molecule has 0 unspecified atom stereocenters. The van der Waals surface area contributed by atoms with Crippen molar-refractivity contribution in [3.63, 3.8) is 0 Å². The van der Waals surface area contributed by atoms with Gasteiger partial charge in [-0.3, -0.25) is 9.59 Å². The fourth-order valence-electron chi connectivity index (χ4n) is 2.12. The average Bonchev–Trinajstić information content (AvgIpc) is 2.73. The van der Waals surface area contributed by atoms with Crippen LogP contribution >= 0.6 is 0 Å². The maximum atomic E-state index is 12.2. The minimum atomic E-state index is -0.813. The summed E-state index contributed by atoms with van der Waals surface area (Å²) in [6.07, 6.45) is 4.60. The van der Waals surface area contributed by atoms with Gasteiger partial charge in [-0.2, -0.15) is 5.10 Å². The number of hydrogen-bond donors (Lipinski definition) is 1. The van der Waals surface area contributed by atoms with Gasteiger partial charge in [-0.1, -0.05) is 0 Å². The van der Waals surface area contributed by atoms with Crippen molar-refractivity contribution in [2.24, 2.45) is 5.41 Å². The summed E-state index contributed by atoms with van der Waals surface area (Å²) in [4.78, 5) is 23.2. The predicted molar refractivity (Wildman–Crippen MR) is 74.8 cm³/mol. The zero-order chi connectivity index (χ0) is 14.9. The summed E-state index contributed by atoms with van der Waals surface area (Å²) in [5.41, 5.74) is 0.483. The number of fused-ring (bicyclic) bond motifs is 1. The number of aliphatic carboxylic acids is 1. The Hall–Kier alpha value is -2.11. The first-order valence-corrected chi connectivity index (χ1v) is 6.60. The topological polar surface area (TPSA) is 76.6 Å². The van der Waals surface area contributed by atoms with E-state index in [4.69, 9.17) is 5.11 Å². The molecular weight excluding hydrogens is 258 g/mol. The molecule has 0 fully saturated rings. The molecule has 1 N–H and O–H groups in total. The van der Waals surface area contributed by atoms with Gasteiger partial charge in [-0.25, -0.2) is 4.52 Å². The van der Waals surface area contributed by atoms with Crippen LogP contribution in [-0.4, -0.2) is 25.3 Å². The highest BCUT2D eigenvalue weighted by Crippen LogP contribution is 2.22. The minimum absolute atomic E-state index is 0.0961. The van der Waals surface area contributed by atoms with E-state index in [1.165, 1.54) is 0 Å². The number of aryl methyl sites for hydroxylation is 2. The lowest BCUT2D eigenvalue weighted by Gasteiger charge is -2.18. The van der Waals surface area contributed by atoms with Crippen LogP contribution in [0, 0.1) is 12.3 Å². The van der Waals surface area contributed by atoms with Crippen LogP contribution in [0.15, 0.2) is 23.3 Å². The summed E-state index contributed by atoms with van der Waals surface area (Å²) in [5, 5.41) is 13.2. The molecule has 0 aliphatic rings. The van der Waals surface area contributed by atoms with E-state index in [0.29, 0.717) is 24.9 Å². The lowest BCUT2D eigenvalue weighted by atomic mass is 9.88. The number of nitrogens with zero attached hydrogens (tertiary/aromatic N) is 3. The summed E-state index contributed by atoms with van der Waals surface area (Å²) in [6, 6.07) is 1.75. The van der Waals surface area contributed by atoms with Gasteiger partial charge in [-0.15, -0.1) is 0 Å². The first-order chi connectivity index (χ1) is 9.31. The number of hydrogen-bond acceptors (Lipinski definition) is 3. The quantitative estimate of drug-likeness (QED) is 0.902. The highest BCUT2D eigenvalue weighted by Gasteiger charge is 2.26. The molecule has 0 radical (unpaired) electrons. The van der Waals surface area contributed by atoms with Crippen LogP contribution in [-0.2, 0) is 11.3 Å². The Balaban J connectivity index is 2.13. The maximum absolute atomic E-state index is 12.2.